The average molecular weight is 530 g/mol. The van der Waals surface area contributed by atoms with Crippen molar-refractivity contribution in [2.24, 2.45) is 0 Å². The predicted molar refractivity (Wildman–Crippen MR) is 141 cm³/mol. The maximum atomic E-state index is 13.3. The van der Waals surface area contributed by atoms with Gasteiger partial charge in [-0.1, -0.05) is 6.92 Å². The molecule has 1 aliphatic heterocycles. The number of imidazole rings is 1. The van der Waals surface area contributed by atoms with Gasteiger partial charge in [-0.05, 0) is 49.2 Å². The van der Waals surface area contributed by atoms with Crippen molar-refractivity contribution in [2.75, 3.05) is 49.3 Å². The van der Waals surface area contributed by atoms with Crippen LogP contribution in [0, 0.1) is 5.82 Å². The Hall–Kier alpha value is -3.09. The molecule has 3 aromatic heterocycles. The summed E-state index contributed by atoms with van der Waals surface area (Å²) in [6.07, 6.45) is 2.71. The fourth-order valence-corrected chi connectivity index (χ4v) is 6.09. The van der Waals surface area contributed by atoms with E-state index in [-0.39, 0.29) is 5.82 Å². The van der Waals surface area contributed by atoms with Crippen LogP contribution in [0.3, 0.4) is 0 Å². The zero-order valence-electron chi connectivity index (χ0n) is 20.4. The molecule has 1 fully saturated rings. The fraction of sp³-hybridized carbons (Fsp3) is 0.375. The molecule has 0 amide bonds. The lowest BCUT2D eigenvalue weighted by Gasteiger charge is -2.22. The Bertz CT molecular complexity index is 1480. The van der Waals surface area contributed by atoms with Crippen molar-refractivity contribution < 1.29 is 12.8 Å². The number of fused-ring (bicyclic) bond motifs is 1. The van der Waals surface area contributed by atoms with E-state index in [1.165, 1.54) is 34.0 Å². The highest BCUT2D eigenvalue weighted by atomic mass is 32.2. The lowest BCUT2D eigenvalue weighted by Crippen LogP contribution is -2.34. The van der Waals surface area contributed by atoms with Crippen LogP contribution in [0.15, 0.2) is 41.8 Å². The lowest BCUT2D eigenvalue weighted by atomic mass is 10.2. The van der Waals surface area contributed by atoms with Crippen molar-refractivity contribution in [3.05, 3.63) is 53.3 Å². The maximum Gasteiger partial charge on any atom is 0.211 e. The first-order valence-electron chi connectivity index (χ1n) is 11.8. The van der Waals surface area contributed by atoms with Crippen molar-refractivity contribution in [3.8, 4) is 11.3 Å². The largest absolute Gasteiger partial charge is 0.354 e. The molecule has 190 valence electrons. The van der Waals surface area contributed by atoms with Gasteiger partial charge in [-0.25, -0.2) is 27.1 Å². The second kappa shape index (κ2) is 9.75. The molecule has 1 aromatic carbocycles. The molecule has 0 aliphatic carbocycles. The van der Waals surface area contributed by atoms with E-state index in [1.54, 1.807) is 12.1 Å². The van der Waals surface area contributed by atoms with Crippen LogP contribution in [0.4, 0.5) is 21.2 Å². The lowest BCUT2D eigenvalue weighted by molar-refractivity contribution is 0.437. The third kappa shape index (κ3) is 4.80. The van der Waals surface area contributed by atoms with Crippen LogP contribution < -0.4 is 9.80 Å². The van der Waals surface area contributed by atoms with Crippen molar-refractivity contribution >= 4 is 43.8 Å². The number of rotatable bonds is 6. The second-order valence-corrected chi connectivity index (χ2v) is 11.6. The van der Waals surface area contributed by atoms with Crippen LogP contribution in [0.2, 0.25) is 0 Å². The number of nitrogens with zero attached hydrogens (tertiary/aromatic N) is 7. The third-order valence-corrected chi connectivity index (χ3v) is 8.55. The molecule has 1 aliphatic rings. The Balaban J connectivity index is 1.47. The minimum absolute atomic E-state index is 0.278. The summed E-state index contributed by atoms with van der Waals surface area (Å²) in [7, 11) is -1.27. The number of aryl methyl sites for hydroxylation is 1. The van der Waals surface area contributed by atoms with E-state index in [0.29, 0.717) is 19.6 Å². The first-order chi connectivity index (χ1) is 17.2. The summed E-state index contributed by atoms with van der Waals surface area (Å²) in [5.41, 5.74) is 3.27. The summed E-state index contributed by atoms with van der Waals surface area (Å²) in [5, 5.41) is 7.65. The van der Waals surface area contributed by atoms with Crippen LogP contribution in [0.1, 0.15) is 19.0 Å². The van der Waals surface area contributed by atoms with Gasteiger partial charge >= 0.3 is 0 Å². The van der Waals surface area contributed by atoms with Crippen molar-refractivity contribution in [2.45, 2.75) is 19.8 Å². The normalized spacial score (nSPS) is 15.4. The van der Waals surface area contributed by atoms with Gasteiger partial charge in [-0.3, -0.25) is 0 Å². The SMILES string of the molecule is CCc1nc2ccc(N3CCCN(S(C)(=O)=O)CC3)nn2c1N(C)c1nc(-c2ccc(F)cc2)cs1. The van der Waals surface area contributed by atoms with Gasteiger partial charge in [0, 0.05) is 44.2 Å². The van der Waals surface area contributed by atoms with Crippen LogP contribution in [0.25, 0.3) is 16.9 Å². The highest BCUT2D eigenvalue weighted by molar-refractivity contribution is 7.88. The summed E-state index contributed by atoms with van der Waals surface area (Å²) >= 11 is 1.50. The van der Waals surface area contributed by atoms with Crippen LogP contribution >= 0.6 is 11.3 Å². The molecule has 12 heteroatoms. The highest BCUT2D eigenvalue weighted by Gasteiger charge is 2.24. The number of benzene rings is 1. The van der Waals surface area contributed by atoms with Crippen molar-refractivity contribution in [3.63, 3.8) is 0 Å². The van der Waals surface area contributed by atoms with Crippen LogP contribution in [-0.2, 0) is 16.4 Å². The van der Waals surface area contributed by atoms with Gasteiger partial charge < -0.3 is 9.80 Å². The predicted octanol–water partition coefficient (Wildman–Crippen LogP) is 3.79. The van der Waals surface area contributed by atoms with Crippen LogP contribution in [0.5, 0.6) is 0 Å². The average Bonchev–Trinajstić information content (AvgIpc) is 3.40. The number of thiazole rings is 1. The van der Waals surface area contributed by atoms with Gasteiger partial charge in [0.25, 0.3) is 0 Å². The number of aromatic nitrogens is 4. The quantitative estimate of drug-likeness (QED) is 0.376. The Morgan fingerprint density at radius 1 is 1.06 bits per heavy atom. The standard InChI is InChI=1S/C24H28FN7O2S2/c1-4-19-23(29(2)24-27-20(16-35-24)17-6-8-18(25)9-7-17)32-21(26-19)10-11-22(28-32)30-12-5-13-31(15-14-30)36(3,33)34/h6-11,16H,4-5,12-15H2,1-3H3. The number of hydrogen-bond acceptors (Lipinski definition) is 8. The van der Waals surface area contributed by atoms with Crippen molar-refractivity contribution in [1.82, 2.24) is 23.9 Å². The van der Waals surface area contributed by atoms with Gasteiger partial charge in [-0.15, -0.1) is 16.4 Å². The molecule has 0 bridgehead atoms. The fourth-order valence-electron chi connectivity index (χ4n) is 4.42. The Morgan fingerprint density at radius 3 is 2.56 bits per heavy atom. The minimum Gasteiger partial charge on any atom is -0.354 e. The molecule has 1 saturated heterocycles. The molecule has 0 atom stereocenters. The maximum absolute atomic E-state index is 13.3. The molecular formula is C24H28FN7O2S2. The number of hydrogen-bond donors (Lipinski definition) is 0. The van der Waals surface area contributed by atoms with Crippen LogP contribution in [-0.4, -0.2) is 71.8 Å². The minimum atomic E-state index is -3.22. The van der Waals surface area contributed by atoms with Crippen molar-refractivity contribution in [1.29, 1.82) is 0 Å². The smallest absolute Gasteiger partial charge is 0.211 e. The molecule has 4 aromatic rings. The Morgan fingerprint density at radius 2 is 1.83 bits per heavy atom. The van der Waals surface area contributed by atoms with E-state index in [1.807, 2.05) is 34.0 Å². The zero-order chi connectivity index (χ0) is 25.4. The topological polar surface area (TPSA) is 86.9 Å². The molecule has 0 unspecified atom stereocenters. The monoisotopic (exact) mass is 529 g/mol. The summed E-state index contributed by atoms with van der Waals surface area (Å²) < 4.78 is 40.7. The molecule has 4 heterocycles. The second-order valence-electron chi connectivity index (χ2n) is 8.78. The van der Waals surface area contributed by atoms with E-state index < -0.39 is 10.0 Å². The van der Waals surface area contributed by atoms with E-state index in [2.05, 4.69) is 11.8 Å². The van der Waals surface area contributed by atoms with Gasteiger partial charge in [-0.2, -0.15) is 4.52 Å². The highest BCUT2D eigenvalue weighted by Crippen LogP contribution is 2.33. The molecular weight excluding hydrogens is 501 g/mol. The molecule has 0 radical (unpaired) electrons. The molecule has 0 spiro atoms. The van der Waals surface area contributed by atoms with Gasteiger partial charge in [0.15, 0.2) is 16.6 Å². The van der Waals surface area contributed by atoms with E-state index in [0.717, 1.165) is 58.8 Å². The first-order valence-corrected chi connectivity index (χ1v) is 14.5. The Kier molecular flexibility index (Phi) is 6.66. The van der Waals surface area contributed by atoms with Gasteiger partial charge in [0.1, 0.15) is 11.6 Å². The number of anilines is 3. The van der Waals surface area contributed by atoms with Gasteiger partial charge in [0.2, 0.25) is 10.0 Å². The first kappa shape index (κ1) is 24.6. The number of sulfonamides is 1. The van der Waals surface area contributed by atoms with E-state index in [4.69, 9.17) is 15.1 Å². The Labute approximate surface area is 213 Å². The summed E-state index contributed by atoms with van der Waals surface area (Å²) in [4.78, 5) is 13.7. The van der Waals surface area contributed by atoms with Gasteiger partial charge in [0.05, 0.1) is 17.6 Å². The zero-order valence-corrected chi connectivity index (χ0v) is 22.1. The number of halogens is 1. The van der Waals surface area contributed by atoms with E-state index in [9.17, 15) is 12.8 Å². The summed E-state index contributed by atoms with van der Waals surface area (Å²) in [6.45, 7) is 4.29. The van der Waals surface area contributed by atoms with E-state index >= 15 is 0 Å². The molecule has 36 heavy (non-hydrogen) atoms. The summed E-state index contributed by atoms with van der Waals surface area (Å²) in [6, 6.07) is 10.2. The molecule has 9 nitrogen and oxygen atoms in total. The molecule has 5 rings (SSSR count). The molecule has 0 saturated carbocycles. The third-order valence-electron chi connectivity index (χ3n) is 6.33. The molecule has 0 N–H and O–H groups in total. The summed E-state index contributed by atoms with van der Waals surface area (Å²) in [5.74, 6) is 1.33.